The third-order valence-corrected chi connectivity index (χ3v) is 6.64. The average molecular weight is 537 g/mol. The van der Waals surface area contributed by atoms with Gasteiger partial charge in [-0.3, -0.25) is 14.9 Å². The third kappa shape index (κ3) is 4.91. The number of alkyl halides is 3. The normalized spacial score (nSPS) is 27.2. The van der Waals surface area contributed by atoms with Crippen LogP contribution >= 0.6 is 0 Å². The molecule has 2 aromatic heterocycles. The number of aliphatic hydroxyl groups is 2. The summed E-state index contributed by atoms with van der Waals surface area (Å²) in [7, 11) is 0. The van der Waals surface area contributed by atoms with Gasteiger partial charge in [-0.05, 0) is 24.0 Å². The van der Waals surface area contributed by atoms with Crippen LogP contribution in [0.25, 0.3) is 10.9 Å². The summed E-state index contributed by atoms with van der Waals surface area (Å²) >= 11 is 0. The van der Waals surface area contributed by atoms with Crippen molar-refractivity contribution in [1.82, 2.24) is 25.5 Å². The summed E-state index contributed by atoms with van der Waals surface area (Å²) in [6.45, 7) is 3.84. The van der Waals surface area contributed by atoms with E-state index in [9.17, 15) is 28.2 Å². The summed E-state index contributed by atoms with van der Waals surface area (Å²) in [5.74, 6) is -0.326. The van der Waals surface area contributed by atoms with Gasteiger partial charge in [0.2, 0.25) is 0 Å². The number of anilines is 1. The largest absolute Gasteiger partial charge is 0.434 e. The minimum Gasteiger partial charge on any atom is -0.388 e. The number of nitrogens with zero attached hydrogens (tertiary/aromatic N) is 3. The summed E-state index contributed by atoms with van der Waals surface area (Å²) in [4.78, 5) is 19.9. The lowest BCUT2D eigenvalue weighted by molar-refractivity contribution is -0.212. The van der Waals surface area contributed by atoms with Crippen LogP contribution in [0.2, 0.25) is 0 Å². The van der Waals surface area contributed by atoms with E-state index in [0.29, 0.717) is 23.0 Å². The van der Waals surface area contributed by atoms with E-state index in [1.54, 1.807) is 0 Å². The quantitative estimate of drug-likeness (QED) is 0.303. The van der Waals surface area contributed by atoms with Crippen LogP contribution in [0.1, 0.15) is 35.6 Å². The molecule has 4 heterocycles. The molecule has 204 valence electrons. The Balaban J connectivity index is 1.26. The number of benzene rings is 1. The molecule has 0 spiro atoms. The molecule has 2 fully saturated rings. The number of aromatic amines is 1. The number of rotatable bonds is 7. The molecule has 5 rings (SSSR count). The standard InChI is InChI=1S/C24H27F3N6O5/c1-11(2)5-12-3-4-13-14(6-12)32-33-17(13)21(36)29-9-23-10-37-22(38-23)18(19(34)20(23)35)31-16-8-28-7-15(30-16)24(25,26)27/h3-4,6-8,11,18-20,22,34-35H,5,9-10H2,1-2H3,(H,29,36)(H,30,31)(H,32,33)/t18-,19-,20-,22+,23+/m1/s1. The Labute approximate surface area is 214 Å². The SMILES string of the molecule is CC(C)Cc1ccc2c(C(=O)NC[C@@]34CO[C@@H](O3)[C@H](Nc3cncc(C(F)(F)F)n3)[C@@H](O)[C@H]4O)n[nH]c2c1. The minimum absolute atomic E-state index is 0.163. The number of halogens is 3. The van der Waals surface area contributed by atoms with Gasteiger partial charge in [0, 0.05) is 5.39 Å². The smallest absolute Gasteiger partial charge is 0.388 e. The number of carbonyl (C=O) groups is 1. The van der Waals surface area contributed by atoms with Gasteiger partial charge < -0.3 is 30.3 Å². The Hall–Kier alpha value is -3.33. The molecule has 2 aliphatic rings. The highest BCUT2D eigenvalue weighted by molar-refractivity contribution is 6.04. The summed E-state index contributed by atoms with van der Waals surface area (Å²) in [5.41, 5.74) is -0.708. The van der Waals surface area contributed by atoms with Gasteiger partial charge in [-0.25, -0.2) is 4.98 Å². The van der Waals surface area contributed by atoms with Crippen LogP contribution < -0.4 is 10.6 Å². The molecule has 2 bridgehead atoms. The molecule has 0 aliphatic carbocycles. The van der Waals surface area contributed by atoms with Crippen LogP contribution in [0.3, 0.4) is 0 Å². The molecule has 0 unspecified atom stereocenters. The second-order valence-corrected chi connectivity index (χ2v) is 9.99. The van der Waals surface area contributed by atoms with Gasteiger partial charge in [-0.15, -0.1) is 0 Å². The van der Waals surface area contributed by atoms with Crippen molar-refractivity contribution in [3.63, 3.8) is 0 Å². The van der Waals surface area contributed by atoms with E-state index < -0.39 is 47.9 Å². The number of hydrogen-bond donors (Lipinski definition) is 5. The van der Waals surface area contributed by atoms with Crippen LogP contribution in [0.15, 0.2) is 30.6 Å². The van der Waals surface area contributed by atoms with E-state index in [4.69, 9.17) is 9.47 Å². The lowest BCUT2D eigenvalue weighted by Gasteiger charge is -2.43. The number of nitrogens with one attached hydrogen (secondary N) is 3. The Morgan fingerprint density at radius 1 is 1.29 bits per heavy atom. The van der Waals surface area contributed by atoms with Gasteiger partial charge >= 0.3 is 6.18 Å². The van der Waals surface area contributed by atoms with Gasteiger partial charge in [0.15, 0.2) is 17.7 Å². The molecule has 38 heavy (non-hydrogen) atoms. The van der Waals surface area contributed by atoms with E-state index in [0.717, 1.165) is 18.2 Å². The van der Waals surface area contributed by atoms with Crippen molar-refractivity contribution in [2.24, 2.45) is 5.92 Å². The molecule has 11 nitrogen and oxygen atoms in total. The highest BCUT2D eigenvalue weighted by Gasteiger charge is 2.59. The number of carbonyl (C=O) groups excluding carboxylic acids is 1. The molecule has 14 heteroatoms. The predicted octanol–water partition coefficient (Wildman–Crippen LogP) is 1.63. The molecule has 5 N–H and O–H groups in total. The molecule has 3 aromatic rings. The first-order chi connectivity index (χ1) is 18.0. The second kappa shape index (κ2) is 9.76. The van der Waals surface area contributed by atoms with Crippen LogP contribution in [-0.2, 0) is 22.1 Å². The summed E-state index contributed by atoms with van der Waals surface area (Å²) in [6.07, 6.45) is -6.41. The van der Waals surface area contributed by atoms with E-state index in [2.05, 4.69) is 44.6 Å². The van der Waals surface area contributed by atoms with Gasteiger partial charge in [0.05, 0.1) is 31.1 Å². The Morgan fingerprint density at radius 3 is 2.82 bits per heavy atom. The maximum absolute atomic E-state index is 13.0. The summed E-state index contributed by atoms with van der Waals surface area (Å²) in [5, 5.41) is 34.6. The number of hydrogen-bond acceptors (Lipinski definition) is 9. The zero-order valence-electron chi connectivity index (χ0n) is 20.5. The molecule has 5 atom stereocenters. The third-order valence-electron chi connectivity index (χ3n) is 6.64. The molecule has 1 aromatic carbocycles. The summed E-state index contributed by atoms with van der Waals surface area (Å²) < 4.78 is 50.4. The van der Waals surface area contributed by atoms with Crippen molar-refractivity contribution in [3.05, 3.63) is 47.5 Å². The average Bonchev–Trinajstić information content (AvgIpc) is 3.47. The number of ether oxygens (including phenoxy) is 2. The maximum Gasteiger partial charge on any atom is 0.434 e. The number of fused-ring (bicyclic) bond motifs is 3. The number of H-pyrrole nitrogens is 1. The topological polar surface area (TPSA) is 155 Å². The fourth-order valence-corrected chi connectivity index (χ4v) is 4.77. The molecule has 2 saturated heterocycles. The molecule has 0 radical (unpaired) electrons. The minimum atomic E-state index is -4.71. The fraction of sp³-hybridized carbons (Fsp3) is 0.500. The second-order valence-electron chi connectivity index (χ2n) is 9.99. The van der Waals surface area contributed by atoms with Gasteiger partial charge in [0.25, 0.3) is 5.91 Å². The highest BCUT2D eigenvalue weighted by atomic mass is 19.4. The van der Waals surface area contributed by atoms with Crippen molar-refractivity contribution >= 4 is 22.6 Å². The summed E-state index contributed by atoms with van der Waals surface area (Å²) in [6, 6.07) is 4.56. The lowest BCUT2D eigenvalue weighted by Crippen LogP contribution is -2.66. The highest BCUT2D eigenvalue weighted by Crippen LogP contribution is 2.38. The van der Waals surface area contributed by atoms with Crippen molar-refractivity contribution in [1.29, 1.82) is 0 Å². The first-order valence-corrected chi connectivity index (χ1v) is 12.0. The molecular formula is C24H27F3N6O5. The van der Waals surface area contributed by atoms with E-state index >= 15 is 0 Å². The molecule has 0 saturated carbocycles. The Kier molecular flexibility index (Phi) is 6.75. The van der Waals surface area contributed by atoms with Gasteiger partial charge in [-0.1, -0.05) is 26.0 Å². The van der Waals surface area contributed by atoms with Crippen molar-refractivity contribution in [3.8, 4) is 0 Å². The molecule has 2 aliphatic heterocycles. The molecular weight excluding hydrogens is 509 g/mol. The number of aliphatic hydroxyl groups excluding tert-OH is 2. The van der Waals surface area contributed by atoms with Crippen molar-refractivity contribution < 1.29 is 37.7 Å². The van der Waals surface area contributed by atoms with Crippen LogP contribution in [0.5, 0.6) is 0 Å². The van der Waals surface area contributed by atoms with Gasteiger partial charge in [-0.2, -0.15) is 18.3 Å². The van der Waals surface area contributed by atoms with E-state index in [-0.39, 0.29) is 24.7 Å². The van der Waals surface area contributed by atoms with E-state index in [1.165, 1.54) is 0 Å². The zero-order valence-corrected chi connectivity index (χ0v) is 20.5. The fourth-order valence-electron chi connectivity index (χ4n) is 4.77. The van der Waals surface area contributed by atoms with Crippen LogP contribution in [0, 0.1) is 5.92 Å². The Bertz CT molecular complexity index is 1330. The maximum atomic E-state index is 13.0. The van der Waals surface area contributed by atoms with Gasteiger partial charge in [0.1, 0.15) is 29.7 Å². The van der Waals surface area contributed by atoms with Crippen LogP contribution in [-0.4, -0.2) is 79.6 Å². The number of amides is 1. The lowest BCUT2D eigenvalue weighted by atomic mass is 9.87. The first-order valence-electron chi connectivity index (χ1n) is 12.0. The zero-order chi connectivity index (χ0) is 27.2. The number of aromatic nitrogens is 4. The van der Waals surface area contributed by atoms with Crippen molar-refractivity contribution in [2.75, 3.05) is 18.5 Å². The van der Waals surface area contributed by atoms with E-state index in [1.807, 2.05) is 18.2 Å². The first kappa shape index (κ1) is 26.3. The van der Waals surface area contributed by atoms with Crippen LogP contribution in [0.4, 0.5) is 19.0 Å². The monoisotopic (exact) mass is 536 g/mol. The Morgan fingerprint density at radius 2 is 2.08 bits per heavy atom. The van der Waals surface area contributed by atoms with Crippen molar-refractivity contribution in [2.45, 2.75) is 56.6 Å². The predicted molar refractivity (Wildman–Crippen MR) is 127 cm³/mol. The molecule has 1 amide bonds.